The fourth-order valence-corrected chi connectivity index (χ4v) is 33.7. The van der Waals surface area contributed by atoms with Gasteiger partial charge >= 0.3 is 16.6 Å². The fourth-order valence-electron chi connectivity index (χ4n) is 3.95. The third kappa shape index (κ3) is 5.23. The van der Waals surface area contributed by atoms with Gasteiger partial charge in [0.05, 0.1) is 0 Å². The summed E-state index contributed by atoms with van der Waals surface area (Å²) in [6, 6.07) is 1.96. The average Bonchev–Trinajstić information content (AvgIpc) is 2.65. The average molecular weight is 413 g/mol. The minimum atomic E-state index is -2.97. The van der Waals surface area contributed by atoms with Gasteiger partial charge in [-0.2, -0.15) is 0 Å². The Hall–Kier alpha value is 0.411. The molecule has 0 aliphatic heterocycles. The molecule has 0 spiro atoms. The summed E-state index contributed by atoms with van der Waals surface area (Å²) in [5.74, 6) is 0. The quantitative estimate of drug-likeness (QED) is 0.284. The Morgan fingerprint density at radius 3 is 0.960 bits per heavy atom. The van der Waals surface area contributed by atoms with Crippen LogP contribution < -0.4 is 0 Å². The van der Waals surface area contributed by atoms with Crippen molar-refractivity contribution in [2.24, 2.45) is 0 Å². The van der Waals surface area contributed by atoms with Gasteiger partial charge in [-0.3, -0.25) is 0 Å². The lowest BCUT2D eigenvalue weighted by Gasteiger charge is -2.48. The summed E-state index contributed by atoms with van der Waals surface area (Å²) >= 11 is 0. The van der Waals surface area contributed by atoms with Crippen molar-refractivity contribution in [3.8, 4) is 0 Å². The van der Waals surface area contributed by atoms with Crippen LogP contribution in [0.4, 0.5) is 0 Å². The van der Waals surface area contributed by atoms with Crippen LogP contribution >= 0.6 is 0 Å². The minimum Gasteiger partial charge on any atom is -0.380 e. The largest absolute Gasteiger partial charge is 0.475 e. The second-order valence-electron chi connectivity index (χ2n) is 6.33. The zero-order chi connectivity index (χ0) is 19.4. The molecule has 0 aliphatic carbocycles. The molecule has 0 heterocycles. The Balaban J connectivity index is 6.27. The Kier molecular flexibility index (Phi) is 12.9. The molecule has 0 saturated carbocycles. The highest BCUT2D eigenvalue weighted by Gasteiger charge is 2.76. The van der Waals surface area contributed by atoms with Crippen LogP contribution in [0.25, 0.3) is 0 Å². The van der Waals surface area contributed by atoms with Gasteiger partial charge in [-0.1, -0.05) is 52.4 Å². The van der Waals surface area contributed by atoms with Gasteiger partial charge in [0.25, 0.3) is 0 Å². The second-order valence-corrected chi connectivity index (χ2v) is 25.1. The predicted molar refractivity (Wildman–Crippen MR) is 108 cm³/mol. The summed E-state index contributed by atoms with van der Waals surface area (Å²) in [4.78, 5) is 0. The first-order chi connectivity index (χ1) is 12.0. The van der Waals surface area contributed by atoms with Gasteiger partial charge in [0.15, 0.2) is 0 Å². The molecule has 0 rings (SSSR count). The van der Waals surface area contributed by atoms with Gasteiger partial charge in [-0.15, -0.1) is 0 Å². The molecule has 6 nitrogen and oxygen atoms in total. The zero-order valence-corrected chi connectivity index (χ0v) is 20.6. The maximum Gasteiger partial charge on any atom is 0.475 e. The number of unbranched alkanes of at least 4 members (excludes halogenated alkanes) is 4. The molecule has 9 heteroatoms. The molecule has 0 amide bonds. The molecule has 0 radical (unpaired) electrons. The van der Waals surface area contributed by atoms with Crippen LogP contribution in [0, 0.1) is 0 Å². The molecule has 0 aromatic carbocycles. The lowest BCUT2D eigenvalue weighted by molar-refractivity contribution is 0.128. The number of hydrogen-bond donors (Lipinski definition) is 0. The zero-order valence-electron chi connectivity index (χ0n) is 17.6. The van der Waals surface area contributed by atoms with Gasteiger partial charge in [0, 0.05) is 42.7 Å². The van der Waals surface area contributed by atoms with E-state index in [0.29, 0.717) is 0 Å². The standard InChI is InChI=1S/C16H40O6Si3/c1-9-11-13-15-23(16-14-12-10-2,24(17-3,18-4)19-5)25(20-6,21-7)22-8/h9-16H2,1-8H3. The lowest BCUT2D eigenvalue weighted by atomic mass is 10.3. The fraction of sp³-hybridized carbons (Fsp3) is 1.00. The van der Waals surface area contributed by atoms with E-state index in [2.05, 4.69) is 13.8 Å². The van der Waals surface area contributed by atoms with Crippen molar-refractivity contribution in [1.82, 2.24) is 0 Å². The van der Waals surface area contributed by atoms with E-state index < -0.39 is 23.8 Å². The molecule has 0 N–H and O–H groups in total. The molecule has 0 saturated heterocycles. The summed E-state index contributed by atoms with van der Waals surface area (Å²) < 4.78 is 36.2. The molecule has 0 atom stereocenters. The maximum absolute atomic E-state index is 6.03. The lowest BCUT2D eigenvalue weighted by Crippen LogP contribution is -2.82. The van der Waals surface area contributed by atoms with Crippen molar-refractivity contribution in [2.75, 3.05) is 42.7 Å². The van der Waals surface area contributed by atoms with E-state index in [-0.39, 0.29) is 0 Å². The van der Waals surface area contributed by atoms with E-state index in [9.17, 15) is 0 Å². The molecular formula is C16H40O6Si3. The first kappa shape index (κ1) is 25.4. The summed E-state index contributed by atoms with van der Waals surface area (Å²) in [6.07, 6.45) is 6.80. The first-order valence-electron chi connectivity index (χ1n) is 9.30. The predicted octanol–water partition coefficient (Wildman–Crippen LogP) is 3.73. The molecule has 0 bridgehead atoms. The van der Waals surface area contributed by atoms with Gasteiger partial charge in [-0.05, 0) is 12.1 Å². The van der Waals surface area contributed by atoms with Crippen molar-refractivity contribution >= 4 is 23.8 Å². The van der Waals surface area contributed by atoms with E-state index in [1.165, 1.54) is 0 Å². The van der Waals surface area contributed by atoms with Crippen LogP contribution in [0.5, 0.6) is 0 Å². The Morgan fingerprint density at radius 1 is 0.480 bits per heavy atom. The van der Waals surface area contributed by atoms with Crippen LogP contribution in [-0.2, 0) is 26.6 Å². The van der Waals surface area contributed by atoms with Gasteiger partial charge in [0.2, 0.25) is 7.11 Å². The highest BCUT2D eigenvalue weighted by Crippen LogP contribution is 2.41. The molecule has 0 aromatic rings. The molecule has 0 fully saturated rings. The summed E-state index contributed by atoms with van der Waals surface area (Å²) in [7, 11) is 1.75. The molecule has 0 aliphatic rings. The van der Waals surface area contributed by atoms with Crippen LogP contribution in [0.3, 0.4) is 0 Å². The molecule has 0 unspecified atom stereocenters. The van der Waals surface area contributed by atoms with E-state index >= 15 is 0 Å². The van der Waals surface area contributed by atoms with Crippen molar-refractivity contribution < 1.29 is 26.6 Å². The second kappa shape index (κ2) is 12.7. The molecule has 152 valence electrons. The van der Waals surface area contributed by atoms with Crippen molar-refractivity contribution in [1.29, 1.82) is 0 Å². The summed E-state index contributed by atoms with van der Waals surface area (Å²) in [6.45, 7) is 4.42. The van der Waals surface area contributed by atoms with Gasteiger partial charge in [0.1, 0.15) is 0 Å². The molecule has 0 aromatic heterocycles. The van der Waals surface area contributed by atoms with Crippen LogP contribution in [0.15, 0.2) is 0 Å². The minimum absolute atomic E-state index is 0.980. The van der Waals surface area contributed by atoms with Crippen LogP contribution in [0.2, 0.25) is 12.1 Å². The van der Waals surface area contributed by atoms with Crippen molar-refractivity contribution in [2.45, 2.75) is 64.5 Å². The van der Waals surface area contributed by atoms with E-state index in [1.54, 1.807) is 42.7 Å². The Morgan fingerprint density at radius 2 is 0.760 bits per heavy atom. The number of hydrogen-bond acceptors (Lipinski definition) is 6. The molecule has 25 heavy (non-hydrogen) atoms. The Labute approximate surface area is 157 Å². The first-order valence-corrected chi connectivity index (χ1v) is 17.2. The topological polar surface area (TPSA) is 55.4 Å². The van der Waals surface area contributed by atoms with Gasteiger partial charge < -0.3 is 26.6 Å². The number of rotatable bonds is 16. The van der Waals surface area contributed by atoms with Crippen molar-refractivity contribution in [3.05, 3.63) is 0 Å². The van der Waals surface area contributed by atoms with E-state index in [1.807, 2.05) is 0 Å². The van der Waals surface area contributed by atoms with Crippen LogP contribution in [0.1, 0.15) is 52.4 Å². The van der Waals surface area contributed by atoms with E-state index in [4.69, 9.17) is 26.6 Å². The summed E-state index contributed by atoms with van der Waals surface area (Å²) in [5, 5.41) is 0. The Bertz CT molecular complexity index is 289. The van der Waals surface area contributed by atoms with Crippen LogP contribution in [-0.4, -0.2) is 66.4 Å². The third-order valence-corrected chi connectivity index (χ3v) is 32.4. The highest BCUT2D eigenvalue weighted by molar-refractivity contribution is 7.62. The normalized spacial score (nSPS) is 13.4. The van der Waals surface area contributed by atoms with E-state index in [0.717, 1.165) is 50.6 Å². The van der Waals surface area contributed by atoms with Gasteiger partial charge in [-0.25, -0.2) is 0 Å². The maximum atomic E-state index is 6.03. The SMILES string of the molecule is CCCCC[Si](CCCCC)([Si](OC)(OC)OC)[Si](OC)(OC)OC. The third-order valence-electron chi connectivity index (χ3n) is 5.20. The monoisotopic (exact) mass is 412 g/mol. The molecular weight excluding hydrogens is 372 g/mol. The summed E-state index contributed by atoms with van der Waals surface area (Å²) in [5.41, 5.74) is 0. The highest BCUT2D eigenvalue weighted by atomic mass is 29.7. The smallest absolute Gasteiger partial charge is 0.380 e. The van der Waals surface area contributed by atoms with Crippen molar-refractivity contribution in [3.63, 3.8) is 0 Å².